The Balaban J connectivity index is 2.45. The van der Waals surface area contributed by atoms with Crippen LogP contribution in [0.15, 0.2) is 11.7 Å². The lowest BCUT2D eigenvalue weighted by atomic mass is 9.87. The molecular formula is C3H5BNO. The van der Waals surface area contributed by atoms with E-state index in [-0.39, 0.29) is 0 Å². The predicted octanol–water partition coefficient (Wildman–Crippen LogP) is 0.00170. The standard InChI is InChI=1S/C3H5BNO/c1-3-2-6-5-4-3/h2,5H,1H3. The van der Waals surface area contributed by atoms with E-state index in [1.165, 1.54) is 0 Å². The Labute approximate surface area is 37.4 Å². The summed E-state index contributed by atoms with van der Waals surface area (Å²) in [6.45, 7) is 1.96. The van der Waals surface area contributed by atoms with E-state index in [4.69, 9.17) is 0 Å². The lowest BCUT2D eigenvalue weighted by molar-refractivity contribution is 0.215. The molecular weight excluding hydrogens is 76.9 g/mol. The summed E-state index contributed by atoms with van der Waals surface area (Å²) < 4.78 is 0. The first kappa shape index (κ1) is 3.74. The van der Waals surface area contributed by atoms with Gasteiger partial charge in [-0.15, -0.1) is 0 Å². The number of rotatable bonds is 0. The molecule has 0 aromatic carbocycles. The minimum absolute atomic E-state index is 1.12. The maximum absolute atomic E-state index is 4.59. The fourth-order valence-electron chi connectivity index (χ4n) is 0.288. The van der Waals surface area contributed by atoms with Gasteiger partial charge in [-0.2, -0.15) is 0 Å². The van der Waals surface area contributed by atoms with Crippen LogP contribution in [0.25, 0.3) is 0 Å². The van der Waals surface area contributed by atoms with Crippen LogP contribution in [-0.4, -0.2) is 7.41 Å². The molecule has 0 aliphatic carbocycles. The molecule has 6 heavy (non-hydrogen) atoms. The lowest BCUT2D eigenvalue weighted by Crippen LogP contribution is -2.09. The average Bonchev–Trinajstić information content (AvgIpc) is 1.86. The molecule has 31 valence electrons. The van der Waals surface area contributed by atoms with Crippen molar-refractivity contribution in [3.8, 4) is 0 Å². The maximum Gasteiger partial charge on any atom is 0.293 e. The van der Waals surface area contributed by atoms with E-state index in [0.717, 1.165) is 5.47 Å². The summed E-state index contributed by atoms with van der Waals surface area (Å²) in [5.41, 5.74) is 1.12. The molecule has 0 amide bonds. The number of hydrogen-bond donors (Lipinski definition) is 1. The predicted molar refractivity (Wildman–Crippen MR) is 23.7 cm³/mol. The van der Waals surface area contributed by atoms with Crippen LogP contribution in [0.1, 0.15) is 6.92 Å². The van der Waals surface area contributed by atoms with Gasteiger partial charge in [-0.25, -0.2) is 5.39 Å². The average molecular weight is 81.9 g/mol. The molecule has 0 unspecified atom stereocenters. The van der Waals surface area contributed by atoms with Gasteiger partial charge in [0, 0.05) is 0 Å². The summed E-state index contributed by atoms with van der Waals surface area (Å²) in [7, 11) is 1.79. The van der Waals surface area contributed by atoms with Crippen molar-refractivity contribution in [1.82, 2.24) is 5.39 Å². The second kappa shape index (κ2) is 1.35. The van der Waals surface area contributed by atoms with Crippen molar-refractivity contribution in [2.75, 3.05) is 0 Å². The Hall–Kier alpha value is -0.435. The zero-order chi connectivity index (χ0) is 4.41. The highest BCUT2D eigenvalue weighted by atomic mass is 16.6. The third-order valence-corrected chi connectivity index (χ3v) is 0.599. The SMILES string of the molecule is CC1=CON[B]1. The number of nitrogens with one attached hydrogen (secondary N) is 1. The molecule has 3 heteroatoms. The molecule has 0 atom stereocenters. The van der Waals surface area contributed by atoms with Crippen molar-refractivity contribution in [3.05, 3.63) is 11.7 Å². The topological polar surface area (TPSA) is 21.3 Å². The summed E-state index contributed by atoms with van der Waals surface area (Å²) in [6, 6.07) is 0. The zero-order valence-electron chi connectivity index (χ0n) is 3.56. The molecule has 0 saturated heterocycles. The van der Waals surface area contributed by atoms with Gasteiger partial charge in [0.25, 0.3) is 7.41 Å². The van der Waals surface area contributed by atoms with Gasteiger partial charge in [-0.05, 0) is 6.92 Å². The van der Waals surface area contributed by atoms with Gasteiger partial charge in [-0.1, -0.05) is 5.47 Å². The van der Waals surface area contributed by atoms with Crippen molar-refractivity contribution in [2.45, 2.75) is 6.92 Å². The van der Waals surface area contributed by atoms with Gasteiger partial charge in [-0.3, -0.25) is 0 Å². The normalized spacial score (nSPS) is 18.5. The minimum Gasteiger partial charge on any atom is -0.429 e. The highest BCUT2D eigenvalue weighted by Gasteiger charge is 1.98. The Morgan fingerprint density at radius 1 is 2.00 bits per heavy atom. The van der Waals surface area contributed by atoms with Crippen LogP contribution in [0.4, 0.5) is 0 Å². The van der Waals surface area contributed by atoms with Gasteiger partial charge in [0.2, 0.25) is 0 Å². The van der Waals surface area contributed by atoms with Crippen molar-refractivity contribution in [2.24, 2.45) is 0 Å². The van der Waals surface area contributed by atoms with Crippen LogP contribution in [0.3, 0.4) is 0 Å². The Morgan fingerprint density at radius 2 is 2.83 bits per heavy atom. The lowest BCUT2D eigenvalue weighted by Gasteiger charge is -1.82. The van der Waals surface area contributed by atoms with E-state index in [0.29, 0.717) is 0 Å². The summed E-state index contributed by atoms with van der Waals surface area (Å²) in [4.78, 5) is 4.59. The Morgan fingerprint density at radius 3 is 3.00 bits per heavy atom. The van der Waals surface area contributed by atoms with Crippen molar-refractivity contribution >= 4 is 7.41 Å². The van der Waals surface area contributed by atoms with Crippen molar-refractivity contribution in [3.63, 3.8) is 0 Å². The summed E-state index contributed by atoms with van der Waals surface area (Å²) >= 11 is 0. The highest BCUT2D eigenvalue weighted by Crippen LogP contribution is 1.91. The third-order valence-electron chi connectivity index (χ3n) is 0.599. The zero-order valence-corrected chi connectivity index (χ0v) is 3.56. The van der Waals surface area contributed by atoms with Crippen LogP contribution in [0, 0.1) is 0 Å². The van der Waals surface area contributed by atoms with E-state index >= 15 is 0 Å². The molecule has 1 rings (SSSR count). The first-order chi connectivity index (χ1) is 2.89. The van der Waals surface area contributed by atoms with Gasteiger partial charge >= 0.3 is 0 Å². The maximum atomic E-state index is 4.59. The fourth-order valence-corrected chi connectivity index (χ4v) is 0.288. The molecule has 2 nitrogen and oxygen atoms in total. The summed E-state index contributed by atoms with van der Waals surface area (Å²) in [6.07, 6.45) is 1.65. The van der Waals surface area contributed by atoms with Crippen LogP contribution in [0.5, 0.6) is 0 Å². The van der Waals surface area contributed by atoms with Gasteiger partial charge in [0.15, 0.2) is 0 Å². The molecule has 1 aliphatic heterocycles. The monoisotopic (exact) mass is 82.0 g/mol. The largest absolute Gasteiger partial charge is 0.429 e. The molecule has 1 heterocycles. The first-order valence-corrected chi connectivity index (χ1v) is 1.81. The molecule has 0 fully saturated rings. The summed E-state index contributed by atoms with van der Waals surface area (Å²) in [5.74, 6) is 0. The van der Waals surface area contributed by atoms with Crippen LogP contribution >= 0.6 is 0 Å². The second-order valence-corrected chi connectivity index (χ2v) is 1.24. The Kier molecular flexibility index (Phi) is 0.840. The molecule has 1 N–H and O–H groups in total. The van der Waals surface area contributed by atoms with Crippen molar-refractivity contribution < 1.29 is 4.84 Å². The van der Waals surface area contributed by atoms with Crippen LogP contribution in [0.2, 0.25) is 0 Å². The minimum atomic E-state index is 1.12. The smallest absolute Gasteiger partial charge is 0.293 e. The van der Waals surface area contributed by atoms with E-state index in [1.54, 1.807) is 13.7 Å². The number of hydrogen-bond acceptors (Lipinski definition) is 2. The molecule has 0 spiro atoms. The molecule has 0 saturated carbocycles. The van der Waals surface area contributed by atoms with Crippen molar-refractivity contribution in [1.29, 1.82) is 0 Å². The quantitative estimate of drug-likeness (QED) is 0.415. The van der Waals surface area contributed by atoms with E-state index in [2.05, 4.69) is 10.2 Å². The van der Waals surface area contributed by atoms with E-state index in [1.807, 2.05) is 6.92 Å². The molecule has 0 aromatic heterocycles. The highest BCUT2D eigenvalue weighted by molar-refractivity contribution is 6.42. The number of allylic oxidation sites excluding steroid dienone is 1. The van der Waals surface area contributed by atoms with E-state index in [9.17, 15) is 0 Å². The summed E-state index contributed by atoms with van der Waals surface area (Å²) in [5, 5.41) is 2.55. The van der Waals surface area contributed by atoms with Gasteiger partial charge in [0.1, 0.15) is 6.26 Å². The Bertz CT molecular complexity index is 80.9. The van der Waals surface area contributed by atoms with E-state index < -0.39 is 0 Å². The third kappa shape index (κ3) is 0.544. The fraction of sp³-hybridized carbons (Fsp3) is 0.333. The second-order valence-electron chi connectivity index (χ2n) is 1.24. The first-order valence-electron chi connectivity index (χ1n) is 1.81. The van der Waals surface area contributed by atoms with Gasteiger partial charge in [0.05, 0.1) is 0 Å². The van der Waals surface area contributed by atoms with Crippen LogP contribution < -0.4 is 5.39 Å². The molecule has 1 aliphatic rings. The molecule has 0 bridgehead atoms. The van der Waals surface area contributed by atoms with Crippen LogP contribution in [-0.2, 0) is 4.84 Å². The molecule has 0 aromatic rings. The molecule has 1 radical (unpaired) electrons. The van der Waals surface area contributed by atoms with Gasteiger partial charge < -0.3 is 4.84 Å².